The number of nitrogens with one attached hydrogen (secondary N) is 1. The average Bonchev–Trinajstić information content (AvgIpc) is 1.59. The molecule has 0 saturated heterocycles. The molecule has 0 saturated carbocycles. The molecule has 0 amide bonds. The maximum Gasteiger partial charge on any atom is 0.0536 e. The zero-order chi connectivity index (χ0) is 6.62. The van der Waals surface area contributed by atoms with Crippen molar-refractivity contribution in [3.63, 3.8) is 0 Å². The van der Waals surface area contributed by atoms with Gasteiger partial charge in [-0.15, -0.1) is 5.10 Å². The number of halogens is 1. The van der Waals surface area contributed by atoms with Gasteiger partial charge in [0.15, 0.2) is 0 Å². The van der Waals surface area contributed by atoms with E-state index in [-0.39, 0.29) is 3.42 Å². The third-order valence-corrected chi connectivity index (χ3v) is 0.701. The average molecular weight is 225 g/mol. The van der Waals surface area contributed by atoms with E-state index >= 15 is 0 Å². The molecule has 3 nitrogen and oxygen atoms in total. The first-order chi connectivity index (χ1) is 3.56. The van der Waals surface area contributed by atoms with Crippen LogP contribution in [-0.2, 0) is 0 Å². The summed E-state index contributed by atoms with van der Waals surface area (Å²) in [6.45, 7) is 3.98. The van der Waals surface area contributed by atoms with Gasteiger partial charge < -0.3 is 0 Å². The molecule has 0 aromatic rings. The van der Waals surface area contributed by atoms with E-state index in [1.807, 2.05) is 13.8 Å². The van der Waals surface area contributed by atoms with Crippen LogP contribution < -0.4 is 0 Å². The summed E-state index contributed by atoms with van der Waals surface area (Å²) in [6, 6.07) is 0. The highest BCUT2D eigenvalue weighted by atomic mass is 127. The molecule has 0 fully saturated rings. The van der Waals surface area contributed by atoms with E-state index in [1.54, 1.807) is 6.21 Å². The van der Waals surface area contributed by atoms with Crippen LogP contribution in [0.4, 0.5) is 0 Å². The first kappa shape index (κ1) is 8.00. The minimum Gasteiger partial charge on any atom is -0.185 e. The van der Waals surface area contributed by atoms with Crippen molar-refractivity contribution in [2.45, 2.75) is 17.3 Å². The van der Waals surface area contributed by atoms with Gasteiger partial charge in [-0.3, -0.25) is 0 Å². The summed E-state index contributed by atoms with van der Waals surface area (Å²) in [5.41, 5.74) is 6.31. The van der Waals surface area contributed by atoms with Gasteiger partial charge in [0, 0.05) is 6.21 Å². The lowest BCUT2D eigenvalue weighted by molar-refractivity contribution is 0.953. The molecule has 0 unspecified atom stereocenters. The Morgan fingerprint density at radius 3 is 2.25 bits per heavy atom. The lowest BCUT2D eigenvalue weighted by Crippen LogP contribution is -2.09. The Kier molecular flexibility index (Phi) is 3.11. The van der Waals surface area contributed by atoms with Crippen molar-refractivity contribution in [2.75, 3.05) is 0 Å². The van der Waals surface area contributed by atoms with E-state index in [2.05, 4.69) is 32.9 Å². The summed E-state index contributed by atoms with van der Waals surface area (Å²) < 4.78 is 0.0162. The minimum absolute atomic E-state index is 0.0162. The predicted molar refractivity (Wildman–Crippen MR) is 41.7 cm³/mol. The van der Waals surface area contributed by atoms with Gasteiger partial charge in [0.2, 0.25) is 0 Å². The van der Waals surface area contributed by atoms with Crippen molar-refractivity contribution >= 4 is 28.8 Å². The largest absolute Gasteiger partial charge is 0.185 e. The molecule has 0 rings (SSSR count). The van der Waals surface area contributed by atoms with E-state index in [9.17, 15) is 0 Å². The summed E-state index contributed by atoms with van der Waals surface area (Å²) in [6.07, 6.45) is 1.63. The van der Waals surface area contributed by atoms with Crippen molar-refractivity contribution in [3.8, 4) is 0 Å². The normalized spacial score (nSPS) is 12.4. The lowest BCUT2D eigenvalue weighted by Gasteiger charge is -2.04. The second kappa shape index (κ2) is 3.11. The highest BCUT2D eigenvalue weighted by molar-refractivity contribution is 14.1. The molecular weight excluding hydrogens is 217 g/mol. The maximum atomic E-state index is 6.31. The van der Waals surface area contributed by atoms with Crippen LogP contribution in [0.5, 0.6) is 0 Å². The summed E-state index contributed by atoms with van der Waals surface area (Å²) in [4.78, 5) is 0. The number of hydrogen-bond acceptors (Lipinski definition) is 2. The third kappa shape index (κ3) is 6.00. The van der Waals surface area contributed by atoms with Crippen LogP contribution in [0.25, 0.3) is 0 Å². The van der Waals surface area contributed by atoms with Crippen LogP contribution >= 0.6 is 22.6 Å². The molecule has 0 heterocycles. The Morgan fingerprint density at radius 2 is 2.12 bits per heavy atom. The van der Waals surface area contributed by atoms with Crippen molar-refractivity contribution < 1.29 is 0 Å². The SMILES string of the molecule is CC(C)(I)/C=N/N=N. The van der Waals surface area contributed by atoms with Gasteiger partial charge in [-0.25, -0.2) is 0 Å². The highest BCUT2D eigenvalue weighted by Crippen LogP contribution is 2.12. The molecule has 0 spiro atoms. The van der Waals surface area contributed by atoms with Crippen LogP contribution in [0, 0.1) is 5.53 Å². The van der Waals surface area contributed by atoms with Gasteiger partial charge in [0.25, 0.3) is 0 Å². The topological polar surface area (TPSA) is 48.6 Å². The summed E-state index contributed by atoms with van der Waals surface area (Å²) in [5.74, 6) is 0. The fraction of sp³-hybridized carbons (Fsp3) is 0.750. The Morgan fingerprint density at radius 1 is 1.62 bits per heavy atom. The summed E-state index contributed by atoms with van der Waals surface area (Å²) >= 11 is 2.21. The van der Waals surface area contributed by atoms with Gasteiger partial charge in [-0.1, -0.05) is 27.8 Å². The van der Waals surface area contributed by atoms with Crippen molar-refractivity contribution in [1.29, 1.82) is 5.53 Å². The second-order valence-corrected chi connectivity index (χ2v) is 4.69. The number of hydrogen-bond donors (Lipinski definition) is 1. The van der Waals surface area contributed by atoms with Gasteiger partial charge >= 0.3 is 0 Å². The fourth-order valence-corrected chi connectivity index (χ4v) is 0.291. The molecule has 0 atom stereocenters. The van der Waals surface area contributed by atoms with Crippen LogP contribution in [0.2, 0.25) is 0 Å². The molecule has 46 valence electrons. The molecular formula is C4H8IN3. The van der Waals surface area contributed by atoms with Gasteiger partial charge in [0.1, 0.15) is 0 Å². The quantitative estimate of drug-likeness (QED) is 0.246. The van der Waals surface area contributed by atoms with Gasteiger partial charge in [0.05, 0.1) is 3.42 Å². The van der Waals surface area contributed by atoms with Crippen molar-refractivity contribution in [3.05, 3.63) is 0 Å². The highest BCUT2D eigenvalue weighted by Gasteiger charge is 2.06. The minimum atomic E-state index is 0.0162. The maximum absolute atomic E-state index is 6.31. The van der Waals surface area contributed by atoms with Crippen LogP contribution in [0.15, 0.2) is 10.3 Å². The van der Waals surface area contributed by atoms with Crippen molar-refractivity contribution in [2.24, 2.45) is 10.3 Å². The van der Waals surface area contributed by atoms with E-state index in [0.29, 0.717) is 0 Å². The number of nitrogens with zero attached hydrogens (tertiary/aromatic N) is 2. The molecule has 4 heteroatoms. The summed E-state index contributed by atoms with van der Waals surface area (Å²) in [7, 11) is 0. The van der Waals surface area contributed by atoms with Crippen molar-refractivity contribution in [1.82, 2.24) is 0 Å². The Bertz CT molecular complexity index is 102. The molecule has 0 aromatic carbocycles. The second-order valence-electron chi connectivity index (χ2n) is 1.91. The Labute approximate surface area is 62.2 Å². The zero-order valence-electron chi connectivity index (χ0n) is 4.85. The smallest absolute Gasteiger partial charge is 0.0536 e. The lowest BCUT2D eigenvalue weighted by atomic mass is 10.3. The number of rotatable bonds is 2. The molecule has 0 aromatic heterocycles. The molecule has 0 aliphatic carbocycles. The molecule has 0 aliphatic heterocycles. The molecule has 1 N–H and O–H groups in total. The van der Waals surface area contributed by atoms with Gasteiger partial charge in [-0.05, 0) is 13.8 Å². The molecule has 0 bridgehead atoms. The zero-order valence-corrected chi connectivity index (χ0v) is 7.01. The Hall–Kier alpha value is -0.0000000000000000555. The van der Waals surface area contributed by atoms with Crippen LogP contribution in [0.1, 0.15) is 13.8 Å². The van der Waals surface area contributed by atoms with E-state index in [4.69, 9.17) is 5.53 Å². The van der Waals surface area contributed by atoms with Gasteiger partial charge in [-0.2, -0.15) is 5.53 Å². The number of alkyl halides is 1. The van der Waals surface area contributed by atoms with E-state index < -0.39 is 0 Å². The summed E-state index contributed by atoms with van der Waals surface area (Å²) in [5, 5.41) is 6.24. The first-order valence-electron chi connectivity index (χ1n) is 2.16. The molecule has 8 heavy (non-hydrogen) atoms. The standard InChI is InChI=1S/C4H8IN3/c1-4(2,5)3-7-8-6/h3,6H,1-2H3/b7-3+,8-6?. The van der Waals surface area contributed by atoms with Crippen LogP contribution in [0.3, 0.4) is 0 Å². The van der Waals surface area contributed by atoms with E-state index in [0.717, 1.165) is 0 Å². The fourth-order valence-electron chi connectivity index (χ4n) is 0.166. The third-order valence-electron chi connectivity index (χ3n) is 0.422. The predicted octanol–water partition coefficient (Wildman–Crippen LogP) is 2.22. The van der Waals surface area contributed by atoms with E-state index in [1.165, 1.54) is 0 Å². The molecule has 0 aliphatic rings. The van der Waals surface area contributed by atoms with Crippen LogP contribution in [-0.4, -0.2) is 9.64 Å². The first-order valence-corrected chi connectivity index (χ1v) is 3.24. The Balaban J connectivity index is 3.69. The molecule has 0 radical (unpaired) electrons. The monoisotopic (exact) mass is 225 g/mol.